The summed E-state index contributed by atoms with van der Waals surface area (Å²) in [7, 11) is 0. The van der Waals surface area contributed by atoms with Gasteiger partial charge in [-0.2, -0.15) is 0 Å². The molecule has 0 atom stereocenters. The quantitative estimate of drug-likeness (QED) is 0.188. The molecule has 0 amide bonds. The van der Waals surface area contributed by atoms with Gasteiger partial charge in [-0.1, -0.05) is 121 Å². The van der Waals surface area contributed by atoms with Crippen molar-refractivity contribution in [2.45, 2.75) is 0 Å². The second kappa shape index (κ2) is 14.0. The lowest BCUT2D eigenvalue weighted by atomic mass is 10.0. The van der Waals surface area contributed by atoms with Crippen LogP contribution in [0.25, 0.3) is 113 Å². The summed E-state index contributed by atoms with van der Waals surface area (Å²) in [5, 5.41) is 0. The maximum Gasteiger partial charge on any atom is 0.137 e. The van der Waals surface area contributed by atoms with Crippen LogP contribution >= 0.6 is 0 Å². The molecule has 9 aromatic rings. The Morgan fingerprint density at radius 1 is 0.276 bits per heavy atom. The van der Waals surface area contributed by atoms with Crippen molar-refractivity contribution in [2.24, 2.45) is 0 Å². The van der Waals surface area contributed by atoms with Gasteiger partial charge in [0.05, 0.1) is 56.0 Å². The summed E-state index contributed by atoms with van der Waals surface area (Å²) in [6, 6.07) is 57.9. The van der Waals surface area contributed by atoms with E-state index in [4.69, 9.17) is 18.8 Å². The van der Waals surface area contributed by atoms with Crippen LogP contribution in [0.3, 0.4) is 0 Å². The van der Waals surface area contributed by atoms with Gasteiger partial charge in [-0.05, 0) is 95.1 Å². The third-order valence-corrected chi connectivity index (χ3v) is 10.7. The molecule has 0 spiro atoms. The van der Waals surface area contributed by atoms with E-state index in [2.05, 4.69) is 119 Å². The smallest absolute Gasteiger partial charge is 0.137 e. The third-order valence-electron chi connectivity index (χ3n) is 10.7. The van der Waals surface area contributed by atoms with Crippen molar-refractivity contribution < 1.29 is 8.83 Å². The molecule has 6 nitrogen and oxygen atoms in total. The van der Waals surface area contributed by atoms with Crippen LogP contribution in [-0.2, 0) is 0 Å². The minimum atomic E-state index is 0.722. The first kappa shape index (κ1) is 33.4. The SMILES string of the molecule is C1=Cc2nc1c(-c1ccccc1)c1ccc(o1)c(-c1ccccc1)c1ccc([nH]1)c1nc(c(-c3ccccc3)c3ccc(o3)c(-c3ccccc3)c3ccc2[nH]3)C=C1. The lowest BCUT2D eigenvalue weighted by Crippen LogP contribution is -1.84. The molecule has 7 heterocycles. The van der Waals surface area contributed by atoms with E-state index >= 15 is 0 Å². The van der Waals surface area contributed by atoms with Gasteiger partial charge in [0.25, 0.3) is 0 Å². The fourth-order valence-electron chi connectivity index (χ4n) is 8.01. The number of nitrogens with one attached hydrogen (secondary N) is 2. The molecule has 274 valence electrons. The number of benzene rings is 4. The largest absolute Gasteiger partial charge is 0.456 e. The molecular weight excluding hydrogens is 713 g/mol. The van der Waals surface area contributed by atoms with Crippen molar-refractivity contribution in [1.82, 2.24) is 19.9 Å². The van der Waals surface area contributed by atoms with Crippen LogP contribution in [0, 0.1) is 0 Å². The zero-order chi connectivity index (χ0) is 38.4. The lowest BCUT2D eigenvalue weighted by molar-refractivity contribution is 0.667. The van der Waals surface area contributed by atoms with Crippen LogP contribution in [0.1, 0.15) is 22.8 Å². The summed E-state index contributed by atoms with van der Waals surface area (Å²) in [6.45, 7) is 0. The molecule has 0 radical (unpaired) electrons. The number of aromatic nitrogens is 4. The number of hydrogen-bond donors (Lipinski definition) is 2. The van der Waals surface area contributed by atoms with Crippen LogP contribution in [-0.4, -0.2) is 19.9 Å². The normalized spacial score (nSPS) is 12.0. The van der Waals surface area contributed by atoms with Gasteiger partial charge in [0.2, 0.25) is 0 Å². The molecule has 0 unspecified atom stereocenters. The van der Waals surface area contributed by atoms with Gasteiger partial charge in [-0.3, -0.25) is 0 Å². The van der Waals surface area contributed by atoms with Crippen molar-refractivity contribution in [3.05, 3.63) is 193 Å². The maximum atomic E-state index is 6.89. The van der Waals surface area contributed by atoms with E-state index in [0.717, 1.165) is 112 Å². The van der Waals surface area contributed by atoms with E-state index in [0.29, 0.717) is 0 Å². The van der Waals surface area contributed by atoms with Crippen molar-refractivity contribution in [3.63, 3.8) is 0 Å². The van der Waals surface area contributed by atoms with Gasteiger partial charge in [0, 0.05) is 11.1 Å². The Labute approximate surface area is 333 Å². The molecule has 2 aliphatic rings. The first-order valence-corrected chi connectivity index (χ1v) is 19.3. The lowest BCUT2D eigenvalue weighted by Gasteiger charge is -2.04. The highest BCUT2D eigenvalue weighted by atomic mass is 16.3. The van der Waals surface area contributed by atoms with Crippen LogP contribution in [0.15, 0.2) is 179 Å². The van der Waals surface area contributed by atoms with Crippen molar-refractivity contribution in [1.29, 1.82) is 0 Å². The Morgan fingerprint density at radius 3 is 0.931 bits per heavy atom. The van der Waals surface area contributed by atoms with E-state index in [-0.39, 0.29) is 0 Å². The van der Waals surface area contributed by atoms with Gasteiger partial charge in [0.15, 0.2) is 0 Å². The monoisotopic (exact) mass is 746 g/mol. The highest BCUT2D eigenvalue weighted by molar-refractivity contribution is 5.98. The highest BCUT2D eigenvalue weighted by Crippen LogP contribution is 2.38. The predicted octanol–water partition coefficient (Wildman–Crippen LogP) is 13.9. The minimum absolute atomic E-state index is 0.722. The molecule has 0 saturated carbocycles. The summed E-state index contributed by atoms with van der Waals surface area (Å²) >= 11 is 0. The topological polar surface area (TPSA) is 83.6 Å². The van der Waals surface area contributed by atoms with Crippen LogP contribution in [0.5, 0.6) is 0 Å². The molecule has 0 fully saturated rings. The predicted molar refractivity (Wildman–Crippen MR) is 238 cm³/mol. The number of H-pyrrole nitrogens is 2. The minimum Gasteiger partial charge on any atom is -0.456 e. The first-order valence-electron chi connectivity index (χ1n) is 19.3. The molecule has 58 heavy (non-hydrogen) atoms. The Morgan fingerprint density at radius 2 is 0.569 bits per heavy atom. The molecule has 12 bridgehead atoms. The molecule has 11 rings (SSSR count). The van der Waals surface area contributed by atoms with Crippen LogP contribution < -0.4 is 0 Å². The summed E-state index contributed by atoms with van der Waals surface area (Å²) in [6.07, 6.45) is 8.25. The molecule has 2 N–H and O–H groups in total. The van der Waals surface area contributed by atoms with Crippen molar-refractivity contribution in [3.8, 4) is 44.5 Å². The van der Waals surface area contributed by atoms with Crippen LogP contribution in [0.4, 0.5) is 0 Å². The Kier molecular flexibility index (Phi) is 8.04. The van der Waals surface area contributed by atoms with E-state index in [1.54, 1.807) is 0 Å². The third kappa shape index (κ3) is 5.92. The second-order valence-corrected chi connectivity index (χ2v) is 14.3. The number of aromatic amines is 2. The molecule has 5 aromatic heterocycles. The second-order valence-electron chi connectivity index (χ2n) is 14.3. The zero-order valence-electron chi connectivity index (χ0n) is 31.2. The van der Waals surface area contributed by atoms with E-state index in [9.17, 15) is 0 Å². The zero-order valence-corrected chi connectivity index (χ0v) is 31.2. The van der Waals surface area contributed by atoms with Gasteiger partial charge in [-0.25, -0.2) is 9.97 Å². The molecule has 2 aliphatic heterocycles. The summed E-state index contributed by atoms with van der Waals surface area (Å²) in [4.78, 5) is 17.9. The van der Waals surface area contributed by atoms with Gasteiger partial charge in [0.1, 0.15) is 22.3 Å². The fraction of sp³-hybridized carbons (Fsp3) is 0. The molecule has 6 heteroatoms. The van der Waals surface area contributed by atoms with Crippen molar-refractivity contribution in [2.75, 3.05) is 0 Å². The average Bonchev–Trinajstić information content (AvgIpc) is 4.13. The maximum absolute atomic E-state index is 6.89. The Bertz CT molecular complexity index is 3090. The Hall–Kier alpha value is -7.96. The number of rotatable bonds is 4. The molecule has 0 aliphatic carbocycles. The van der Waals surface area contributed by atoms with Gasteiger partial charge >= 0.3 is 0 Å². The summed E-state index contributed by atoms with van der Waals surface area (Å²) < 4.78 is 13.8. The number of hydrogen-bond acceptors (Lipinski definition) is 4. The fourth-order valence-corrected chi connectivity index (χ4v) is 8.01. The summed E-state index contributed by atoms with van der Waals surface area (Å²) in [5.41, 5.74) is 17.6. The van der Waals surface area contributed by atoms with E-state index < -0.39 is 0 Å². The van der Waals surface area contributed by atoms with Gasteiger partial charge < -0.3 is 18.8 Å². The summed E-state index contributed by atoms with van der Waals surface area (Å²) in [5.74, 6) is 0. The highest BCUT2D eigenvalue weighted by Gasteiger charge is 2.17. The van der Waals surface area contributed by atoms with Crippen molar-refractivity contribution >= 4 is 68.7 Å². The van der Waals surface area contributed by atoms with E-state index in [1.807, 2.05) is 84.9 Å². The number of nitrogens with zero attached hydrogens (tertiary/aromatic N) is 2. The number of furan rings is 2. The molecule has 4 aromatic carbocycles. The standard InChI is InChI=1S/C52H34N4O2/c1-5-13-33(14-6-1)49-41-25-21-37(53-41)38-22-26-43(54-38)51(35-17-9-3-10-18-35)47-31-32-48(58-47)52(36-19-11-4-12-20-36)44-28-24-40(56-44)39-23-27-42(55-39)50(34-15-7-2-8-16-34)46-30-29-45(49)57-46/h1-32,53,56H. The first-order chi connectivity index (χ1) is 28.7. The molecule has 0 saturated heterocycles. The van der Waals surface area contributed by atoms with Gasteiger partial charge in [-0.15, -0.1) is 0 Å². The number of fused-ring (bicyclic) bond motifs is 14. The average molecular weight is 747 g/mol. The molecular formula is C52H34N4O2. The Balaban J connectivity index is 1.29. The van der Waals surface area contributed by atoms with E-state index in [1.165, 1.54) is 0 Å². The van der Waals surface area contributed by atoms with Crippen LogP contribution in [0.2, 0.25) is 0 Å².